The Morgan fingerprint density at radius 1 is 1.17 bits per heavy atom. The van der Waals surface area contributed by atoms with E-state index in [1.807, 2.05) is 16.7 Å². The third kappa shape index (κ3) is 3.70. The van der Waals surface area contributed by atoms with Gasteiger partial charge in [0.1, 0.15) is 5.69 Å². The number of nitrogens with zero attached hydrogens (tertiary/aromatic N) is 3. The van der Waals surface area contributed by atoms with Gasteiger partial charge in [-0.25, -0.2) is 4.68 Å². The van der Waals surface area contributed by atoms with Crippen molar-refractivity contribution in [3.63, 3.8) is 0 Å². The first-order valence-electron chi connectivity index (χ1n) is 8.10. The topological polar surface area (TPSA) is 55.2 Å². The van der Waals surface area contributed by atoms with Crippen molar-refractivity contribution in [1.29, 1.82) is 0 Å². The Morgan fingerprint density at radius 3 is 2.54 bits per heavy atom. The lowest BCUT2D eigenvalue weighted by molar-refractivity contribution is 0.0719. The van der Waals surface area contributed by atoms with Crippen LogP contribution in [0.5, 0.6) is 0 Å². The Labute approximate surface area is 145 Å². The first-order chi connectivity index (χ1) is 11.5. The molecule has 1 aromatic heterocycles. The van der Waals surface area contributed by atoms with Gasteiger partial charge in [0.2, 0.25) is 0 Å². The van der Waals surface area contributed by atoms with Crippen LogP contribution in [0.4, 0.5) is 0 Å². The van der Waals surface area contributed by atoms with Crippen LogP contribution >= 0.6 is 11.8 Å². The standard InChI is InChI=1S/C18H21N3O2S/c1-13-5-3-4-6-16(13)24-14-9-11-21(12-10-14)18(23)15-7-8-17(22)20(2)19-15/h3-8,14H,9-12H2,1-2H3. The van der Waals surface area contributed by atoms with E-state index in [-0.39, 0.29) is 11.5 Å². The van der Waals surface area contributed by atoms with Gasteiger partial charge >= 0.3 is 0 Å². The van der Waals surface area contributed by atoms with Crippen molar-refractivity contribution in [1.82, 2.24) is 14.7 Å². The molecule has 0 aliphatic carbocycles. The molecule has 0 bridgehead atoms. The Bertz CT molecular complexity index is 795. The molecule has 1 fully saturated rings. The molecule has 1 aliphatic rings. The Balaban J connectivity index is 1.60. The molecule has 126 valence electrons. The van der Waals surface area contributed by atoms with E-state index in [9.17, 15) is 9.59 Å². The molecule has 0 spiro atoms. The molecule has 0 unspecified atom stereocenters. The Hall–Kier alpha value is -2.08. The predicted molar refractivity (Wildman–Crippen MR) is 95.4 cm³/mol. The second-order valence-electron chi connectivity index (χ2n) is 6.06. The summed E-state index contributed by atoms with van der Waals surface area (Å²) in [6.07, 6.45) is 1.94. The van der Waals surface area contributed by atoms with Crippen LogP contribution in [0.15, 0.2) is 46.1 Å². The quantitative estimate of drug-likeness (QED) is 0.859. The van der Waals surface area contributed by atoms with E-state index >= 15 is 0 Å². The number of hydrogen-bond donors (Lipinski definition) is 0. The Kier molecular flexibility index (Phi) is 5.04. The second kappa shape index (κ2) is 7.21. The lowest BCUT2D eigenvalue weighted by Crippen LogP contribution is -2.40. The van der Waals surface area contributed by atoms with Crippen LogP contribution in [0.25, 0.3) is 0 Å². The van der Waals surface area contributed by atoms with Crippen molar-refractivity contribution in [3.8, 4) is 0 Å². The molecular formula is C18H21N3O2S. The SMILES string of the molecule is Cc1ccccc1SC1CCN(C(=O)c2ccc(=O)n(C)n2)CC1. The fourth-order valence-corrected chi connectivity index (χ4v) is 4.04. The highest BCUT2D eigenvalue weighted by Crippen LogP contribution is 2.32. The van der Waals surface area contributed by atoms with Crippen molar-refractivity contribution < 1.29 is 4.79 Å². The summed E-state index contributed by atoms with van der Waals surface area (Å²) in [5.74, 6) is -0.0926. The number of likely N-dealkylation sites (tertiary alicyclic amines) is 1. The minimum absolute atomic E-state index is 0.0926. The third-order valence-electron chi connectivity index (χ3n) is 4.30. The molecule has 1 aromatic carbocycles. The average Bonchev–Trinajstić information content (AvgIpc) is 2.59. The number of carbonyl (C=O) groups is 1. The summed E-state index contributed by atoms with van der Waals surface area (Å²) in [5, 5.41) is 4.58. The van der Waals surface area contributed by atoms with E-state index in [0.29, 0.717) is 10.9 Å². The van der Waals surface area contributed by atoms with Gasteiger partial charge in [-0.15, -0.1) is 11.8 Å². The van der Waals surface area contributed by atoms with Crippen LogP contribution in [0.2, 0.25) is 0 Å². The molecule has 0 N–H and O–H groups in total. The summed E-state index contributed by atoms with van der Waals surface area (Å²) in [4.78, 5) is 27.1. The molecule has 2 aromatic rings. The van der Waals surface area contributed by atoms with Gasteiger partial charge in [0.05, 0.1) is 0 Å². The molecule has 0 radical (unpaired) electrons. The molecule has 2 heterocycles. The normalized spacial score (nSPS) is 15.5. The molecule has 5 nitrogen and oxygen atoms in total. The minimum Gasteiger partial charge on any atom is -0.337 e. The largest absolute Gasteiger partial charge is 0.337 e. The maximum Gasteiger partial charge on any atom is 0.274 e. The molecule has 0 atom stereocenters. The fraction of sp³-hybridized carbons (Fsp3) is 0.389. The van der Waals surface area contributed by atoms with Crippen LogP contribution in [-0.4, -0.2) is 38.9 Å². The van der Waals surface area contributed by atoms with Gasteiger partial charge in [-0.05, 0) is 37.5 Å². The monoisotopic (exact) mass is 343 g/mol. The van der Waals surface area contributed by atoms with Crippen molar-refractivity contribution in [2.75, 3.05) is 13.1 Å². The first-order valence-corrected chi connectivity index (χ1v) is 8.98. The number of hydrogen-bond acceptors (Lipinski definition) is 4. The number of thioether (sulfide) groups is 1. The molecule has 1 amide bonds. The smallest absolute Gasteiger partial charge is 0.274 e. The zero-order chi connectivity index (χ0) is 17.1. The second-order valence-corrected chi connectivity index (χ2v) is 7.40. The van der Waals surface area contributed by atoms with Crippen LogP contribution in [0.1, 0.15) is 28.9 Å². The molecule has 1 aliphatic heterocycles. The van der Waals surface area contributed by atoms with Gasteiger partial charge in [0.25, 0.3) is 11.5 Å². The highest BCUT2D eigenvalue weighted by Gasteiger charge is 2.25. The number of aromatic nitrogens is 2. The van der Waals surface area contributed by atoms with Crippen LogP contribution in [-0.2, 0) is 7.05 Å². The first kappa shape index (κ1) is 16.8. The Morgan fingerprint density at radius 2 is 1.88 bits per heavy atom. The summed E-state index contributed by atoms with van der Waals surface area (Å²) in [5.41, 5.74) is 1.43. The lowest BCUT2D eigenvalue weighted by Gasteiger charge is -2.31. The molecule has 1 saturated heterocycles. The number of benzene rings is 1. The van der Waals surface area contributed by atoms with Crippen molar-refractivity contribution >= 4 is 17.7 Å². The number of amides is 1. The molecular weight excluding hydrogens is 322 g/mol. The molecule has 6 heteroatoms. The number of piperidine rings is 1. The van der Waals surface area contributed by atoms with Gasteiger partial charge < -0.3 is 4.90 Å². The van der Waals surface area contributed by atoms with Crippen molar-refractivity contribution in [2.45, 2.75) is 29.9 Å². The summed E-state index contributed by atoms with van der Waals surface area (Å²) < 4.78 is 1.20. The van der Waals surface area contributed by atoms with E-state index in [0.717, 1.165) is 25.9 Å². The fourth-order valence-electron chi connectivity index (χ4n) is 2.82. The predicted octanol–water partition coefficient (Wildman–Crippen LogP) is 2.49. The summed E-state index contributed by atoms with van der Waals surface area (Å²) in [6.45, 7) is 3.59. The number of rotatable bonds is 3. The number of aryl methyl sites for hydroxylation is 2. The maximum absolute atomic E-state index is 12.5. The van der Waals surface area contributed by atoms with Gasteiger partial charge in [-0.3, -0.25) is 9.59 Å². The number of carbonyl (C=O) groups excluding carboxylic acids is 1. The zero-order valence-electron chi connectivity index (χ0n) is 13.9. The lowest BCUT2D eigenvalue weighted by atomic mass is 10.1. The van der Waals surface area contributed by atoms with E-state index in [1.165, 1.54) is 27.3 Å². The summed E-state index contributed by atoms with van der Waals surface area (Å²) >= 11 is 1.91. The van der Waals surface area contributed by atoms with E-state index in [4.69, 9.17) is 0 Å². The average molecular weight is 343 g/mol. The van der Waals surface area contributed by atoms with Gasteiger partial charge in [-0.2, -0.15) is 5.10 Å². The van der Waals surface area contributed by atoms with Crippen LogP contribution in [0, 0.1) is 6.92 Å². The van der Waals surface area contributed by atoms with Gasteiger partial charge in [-0.1, -0.05) is 18.2 Å². The van der Waals surface area contributed by atoms with Gasteiger partial charge in [0, 0.05) is 36.3 Å². The van der Waals surface area contributed by atoms with Crippen molar-refractivity contribution in [3.05, 3.63) is 58.0 Å². The van der Waals surface area contributed by atoms with E-state index < -0.39 is 0 Å². The highest BCUT2D eigenvalue weighted by molar-refractivity contribution is 8.00. The maximum atomic E-state index is 12.5. The third-order valence-corrected chi connectivity index (χ3v) is 5.81. The molecule has 3 rings (SSSR count). The summed E-state index contributed by atoms with van der Waals surface area (Å²) in [6, 6.07) is 11.3. The van der Waals surface area contributed by atoms with Crippen molar-refractivity contribution in [2.24, 2.45) is 7.05 Å². The van der Waals surface area contributed by atoms with Crippen LogP contribution in [0.3, 0.4) is 0 Å². The van der Waals surface area contributed by atoms with Crippen LogP contribution < -0.4 is 5.56 Å². The van der Waals surface area contributed by atoms with E-state index in [2.05, 4.69) is 36.3 Å². The highest BCUT2D eigenvalue weighted by atomic mass is 32.2. The van der Waals surface area contributed by atoms with Gasteiger partial charge in [0.15, 0.2) is 0 Å². The zero-order valence-corrected chi connectivity index (χ0v) is 14.8. The molecule has 24 heavy (non-hydrogen) atoms. The minimum atomic E-state index is -0.208. The molecule has 0 saturated carbocycles. The van der Waals surface area contributed by atoms with E-state index in [1.54, 1.807) is 7.05 Å². The summed E-state index contributed by atoms with van der Waals surface area (Å²) in [7, 11) is 1.56.